The van der Waals surface area contributed by atoms with E-state index < -0.39 is 5.97 Å². The molecule has 148 valence electrons. The van der Waals surface area contributed by atoms with E-state index in [0.717, 1.165) is 0 Å². The summed E-state index contributed by atoms with van der Waals surface area (Å²) >= 11 is 0. The number of likely N-dealkylation sites (tertiary alicyclic amines) is 1. The normalized spacial score (nSPS) is 17.0. The highest BCUT2D eigenvalue weighted by atomic mass is 16.5. The maximum atomic E-state index is 12.4. The Labute approximate surface area is 158 Å². The first-order chi connectivity index (χ1) is 12.9. The Morgan fingerprint density at radius 3 is 2.41 bits per heavy atom. The summed E-state index contributed by atoms with van der Waals surface area (Å²) < 4.78 is 10.6. The molecule has 1 atom stereocenters. The number of aliphatic carboxylic acids is 1. The monoisotopic (exact) mass is 378 g/mol. The lowest BCUT2D eigenvalue weighted by atomic mass is 10.1. The molecule has 0 aromatic heterocycles. The van der Waals surface area contributed by atoms with Crippen molar-refractivity contribution in [3.63, 3.8) is 0 Å². The van der Waals surface area contributed by atoms with Crippen molar-refractivity contribution in [3.05, 3.63) is 24.3 Å². The fourth-order valence-electron chi connectivity index (χ4n) is 3.19. The summed E-state index contributed by atoms with van der Waals surface area (Å²) in [6.45, 7) is 2.04. The maximum Gasteiger partial charge on any atom is 0.323 e. The lowest BCUT2D eigenvalue weighted by molar-refractivity contribution is -0.145. The summed E-state index contributed by atoms with van der Waals surface area (Å²) in [6.07, 6.45) is 1.94. The van der Waals surface area contributed by atoms with Crippen molar-refractivity contribution < 1.29 is 29.0 Å². The summed E-state index contributed by atoms with van der Waals surface area (Å²) in [7, 11) is 1.58. The molecule has 1 aliphatic rings. The number of hydrogen-bond donors (Lipinski definition) is 1. The summed E-state index contributed by atoms with van der Waals surface area (Å²) in [5.74, 6) is -0.121. The number of benzene rings is 1. The van der Waals surface area contributed by atoms with E-state index in [9.17, 15) is 14.4 Å². The number of carboxylic acid groups (broad SMARTS) is 1. The van der Waals surface area contributed by atoms with Crippen LogP contribution in [0.2, 0.25) is 0 Å². The Hall–Kier alpha value is -2.77. The molecule has 27 heavy (non-hydrogen) atoms. The van der Waals surface area contributed by atoms with Crippen molar-refractivity contribution in [2.45, 2.75) is 32.2 Å². The summed E-state index contributed by atoms with van der Waals surface area (Å²) in [4.78, 5) is 38.3. The number of carboxylic acids is 1. The van der Waals surface area contributed by atoms with Gasteiger partial charge in [0.25, 0.3) is 5.91 Å². The van der Waals surface area contributed by atoms with Crippen molar-refractivity contribution in [2.24, 2.45) is 0 Å². The average Bonchev–Trinajstić information content (AvgIpc) is 2.90. The van der Waals surface area contributed by atoms with Gasteiger partial charge in [0.05, 0.1) is 7.11 Å². The molecule has 8 heteroatoms. The molecule has 1 fully saturated rings. The van der Waals surface area contributed by atoms with Gasteiger partial charge in [-0.2, -0.15) is 0 Å². The number of rotatable bonds is 7. The van der Waals surface area contributed by atoms with Gasteiger partial charge in [0.15, 0.2) is 6.61 Å². The number of carbonyl (C=O) groups excluding carboxylic acids is 2. The summed E-state index contributed by atoms with van der Waals surface area (Å²) in [6, 6.07) is 6.83. The lowest BCUT2D eigenvalue weighted by Crippen LogP contribution is -2.43. The zero-order valence-corrected chi connectivity index (χ0v) is 15.7. The molecule has 2 rings (SSSR count). The molecular formula is C19H26N2O6. The van der Waals surface area contributed by atoms with Crippen LogP contribution >= 0.6 is 0 Å². The minimum absolute atomic E-state index is 0.0669. The van der Waals surface area contributed by atoms with Gasteiger partial charge in [0, 0.05) is 26.1 Å². The number of hydrogen-bond acceptors (Lipinski definition) is 5. The molecule has 8 nitrogen and oxygen atoms in total. The average molecular weight is 378 g/mol. The smallest absolute Gasteiger partial charge is 0.323 e. The third-order valence-corrected chi connectivity index (χ3v) is 4.62. The second kappa shape index (κ2) is 9.80. The number of carbonyl (C=O) groups is 3. The standard InChI is InChI=1S/C19H26N2O6/c1-14(22)21(12-19(24)25)15-4-3-10-20(11-9-15)18(23)13-27-17-7-5-16(26-2)6-8-17/h5-8,15H,3-4,9-13H2,1-2H3,(H,24,25). The largest absolute Gasteiger partial charge is 0.497 e. The van der Waals surface area contributed by atoms with E-state index in [1.54, 1.807) is 36.3 Å². The molecule has 1 aliphatic heterocycles. The van der Waals surface area contributed by atoms with Crippen LogP contribution in [0.4, 0.5) is 0 Å². The first-order valence-electron chi connectivity index (χ1n) is 8.94. The predicted molar refractivity (Wildman–Crippen MR) is 97.7 cm³/mol. The minimum Gasteiger partial charge on any atom is -0.497 e. The first-order valence-corrected chi connectivity index (χ1v) is 8.94. The molecular weight excluding hydrogens is 352 g/mol. The molecule has 1 N–H and O–H groups in total. The minimum atomic E-state index is -1.03. The van der Waals surface area contributed by atoms with Crippen molar-refractivity contribution in [1.82, 2.24) is 9.80 Å². The Morgan fingerprint density at radius 2 is 1.81 bits per heavy atom. The SMILES string of the molecule is COc1ccc(OCC(=O)N2CCCC(N(CC(=O)O)C(C)=O)CC2)cc1. The van der Waals surface area contributed by atoms with Gasteiger partial charge in [-0.1, -0.05) is 0 Å². The van der Waals surface area contributed by atoms with Crippen LogP contribution in [0, 0.1) is 0 Å². The number of nitrogens with zero attached hydrogens (tertiary/aromatic N) is 2. The van der Waals surface area contributed by atoms with Crippen molar-refractivity contribution in [3.8, 4) is 11.5 Å². The van der Waals surface area contributed by atoms with Crippen LogP contribution < -0.4 is 9.47 Å². The molecule has 0 bridgehead atoms. The molecule has 1 aromatic rings. The predicted octanol–water partition coefficient (Wildman–Crippen LogP) is 1.39. The molecule has 0 saturated carbocycles. The van der Waals surface area contributed by atoms with Gasteiger partial charge < -0.3 is 24.4 Å². The van der Waals surface area contributed by atoms with E-state index in [2.05, 4.69) is 0 Å². The van der Waals surface area contributed by atoms with E-state index >= 15 is 0 Å². The third-order valence-electron chi connectivity index (χ3n) is 4.62. The van der Waals surface area contributed by atoms with Gasteiger partial charge in [-0.3, -0.25) is 14.4 Å². The zero-order chi connectivity index (χ0) is 19.8. The third kappa shape index (κ3) is 6.16. The van der Waals surface area contributed by atoms with Crippen LogP contribution in [-0.4, -0.2) is 72.1 Å². The van der Waals surface area contributed by atoms with E-state index in [1.165, 1.54) is 11.8 Å². The molecule has 1 aromatic carbocycles. The van der Waals surface area contributed by atoms with Crippen molar-refractivity contribution in [2.75, 3.05) is 33.4 Å². The number of ether oxygens (including phenoxy) is 2. The topological polar surface area (TPSA) is 96.4 Å². The van der Waals surface area contributed by atoms with Crippen molar-refractivity contribution >= 4 is 17.8 Å². The van der Waals surface area contributed by atoms with Crippen LogP contribution in [0.15, 0.2) is 24.3 Å². The Kier molecular flexibility index (Phi) is 7.45. The molecule has 0 spiro atoms. The van der Waals surface area contributed by atoms with Gasteiger partial charge in [-0.25, -0.2) is 0 Å². The van der Waals surface area contributed by atoms with Gasteiger partial charge in [-0.05, 0) is 43.5 Å². The summed E-state index contributed by atoms with van der Waals surface area (Å²) in [5, 5.41) is 9.00. The fraction of sp³-hybridized carbons (Fsp3) is 0.526. The number of methoxy groups -OCH3 is 1. The second-order valence-corrected chi connectivity index (χ2v) is 6.47. The highest BCUT2D eigenvalue weighted by Crippen LogP contribution is 2.19. The van der Waals surface area contributed by atoms with Gasteiger partial charge in [-0.15, -0.1) is 0 Å². The quantitative estimate of drug-likeness (QED) is 0.770. The molecule has 1 unspecified atom stereocenters. The van der Waals surface area contributed by atoms with Gasteiger partial charge in [0.2, 0.25) is 5.91 Å². The molecule has 0 aliphatic carbocycles. The van der Waals surface area contributed by atoms with Crippen LogP contribution in [0.1, 0.15) is 26.2 Å². The Balaban J connectivity index is 1.87. The van der Waals surface area contributed by atoms with E-state index in [1.807, 2.05) is 0 Å². The van der Waals surface area contributed by atoms with Crippen molar-refractivity contribution in [1.29, 1.82) is 0 Å². The van der Waals surface area contributed by atoms with E-state index in [0.29, 0.717) is 43.9 Å². The molecule has 1 saturated heterocycles. The van der Waals surface area contributed by atoms with Crippen LogP contribution in [0.3, 0.4) is 0 Å². The second-order valence-electron chi connectivity index (χ2n) is 6.47. The summed E-state index contributed by atoms with van der Waals surface area (Å²) in [5.41, 5.74) is 0. The molecule has 0 radical (unpaired) electrons. The zero-order valence-electron chi connectivity index (χ0n) is 15.7. The highest BCUT2D eigenvalue weighted by molar-refractivity contribution is 5.80. The lowest BCUT2D eigenvalue weighted by Gasteiger charge is -2.28. The van der Waals surface area contributed by atoms with Crippen LogP contribution in [-0.2, 0) is 14.4 Å². The molecule has 1 heterocycles. The molecule has 2 amide bonds. The maximum absolute atomic E-state index is 12.4. The van der Waals surface area contributed by atoms with Gasteiger partial charge >= 0.3 is 5.97 Å². The fourth-order valence-corrected chi connectivity index (χ4v) is 3.19. The van der Waals surface area contributed by atoms with E-state index in [4.69, 9.17) is 14.6 Å². The number of amides is 2. The Bertz CT molecular complexity index is 661. The van der Waals surface area contributed by atoms with E-state index in [-0.39, 0.29) is 31.0 Å². The van der Waals surface area contributed by atoms with Gasteiger partial charge in [0.1, 0.15) is 18.0 Å². The first kappa shape index (κ1) is 20.5. The highest BCUT2D eigenvalue weighted by Gasteiger charge is 2.27. The van der Waals surface area contributed by atoms with Crippen LogP contribution in [0.5, 0.6) is 11.5 Å². The van der Waals surface area contributed by atoms with Crippen LogP contribution in [0.25, 0.3) is 0 Å². The Morgan fingerprint density at radius 1 is 1.15 bits per heavy atom.